The topological polar surface area (TPSA) is 26.8 Å². The van der Waals surface area contributed by atoms with Gasteiger partial charge in [0.15, 0.2) is 0 Å². The fraction of sp³-hybridized carbons (Fsp3) is 0.650. The molecule has 0 N–H and O–H groups in total. The van der Waals surface area contributed by atoms with E-state index in [4.69, 9.17) is 0 Å². The minimum Gasteiger partial charge on any atom is -0.340 e. The summed E-state index contributed by atoms with van der Waals surface area (Å²) in [5.41, 5.74) is 1.13. The number of rotatable bonds is 3. The smallest absolute Gasteiger partial charge is 0.239 e. The lowest BCUT2D eigenvalue weighted by Crippen LogP contribution is -2.48. The third-order valence-electron chi connectivity index (χ3n) is 5.53. The Labute approximate surface area is 150 Å². The van der Waals surface area contributed by atoms with Crippen LogP contribution in [0.5, 0.6) is 0 Å². The van der Waals surface area contributed by atoms with E-state index in [-0.39, 0.29) is 11.9 Å². The maximum absolute atomic E-state index is 13.0. The molecule has 2 fully saturated rings. The predicted octanol–water partition coefficient (Wildman–Crippen LogP) is 2.73. The van der Waals surface area contributed by atoms with Crippen molar-refractivity contribution in [1.82, 2.24) is 14.7 Å². The van der Waals surface area contributed by atoms with Gasteiger partial charge in [0, 0.05) is 32.7 Å². The van der Waals surface area contributed by atoms with E-state index in [0.717, 1.165) is 64.1 Å². The number of hydrogen-bond acceptors (Lipinski definition) is 3. The van der Waals surface area contributed by atoms with Crippen molar-refractivity contribution in [1.29, 1.82) is 0 Å². The van der Waals surface area contributed by atoms with Gasteiger partial charge in [0.25, 0.3) is 0 Å². The monoisotopic (exact) mass is 347 g/mol. The van der Waals surface area contributed by atoms with Crippen molar-refractivity contribution in [2.45, 2.75) is 44.7 Å². The number of amides is 1. The number of halogens is 1. The maximum Gasteiger partial charge on any atom is 0.239 e. The Morgan fingerprint density at radius 1 is 1.00 bits per heavy atom. The summed E-state index contributed by atoms with van der Waals surface area (Å²) in [6.07, 6.45) is 5.59. The van der Waals surface area contributed by atoms with Crippen molar-refractivity contribution in [3.8, 4) is 0 Å². The zero-order valence-electron chi connectivity index (χ0n) is 15.3. The van der Waals surface area contributed by atoms with Crippen molar-refractivity contribution >= 4 is 5.91 Å². The summed E-state index contributed by atoms with van der Waals surface area (Å²) in [5, 5.41) is 0. The molecule has 138 valence electrons. The molecule has 0 radical (unpaired) electrons. The molecule has 0 aromatic heterocycles. The molecular weight excluding hydrogens is 317 g/mol. The Hall–Kier alpha value is -1.46. The summed E-state index contributed by atoms with van der Waals surface area (Å²) >= 11 is 0. The molecule has 1 amide bonds. The quantitative estimate of drug-likeness (QED) is 0.841. The Kier molecular flexibility index (Phi) is 6.43. The molecule has 0 unspecified atom stereocenters. The van der Waals surface area contributed by atoms with Crippen molar-refractivity contribution in [3.63, 3.8) is 0 Å². The van der Waals surface area contributed by atoms with Gasteiger partial charge in [-0.05, 0) is 50.6 Å². The van der Waals surface area contributed by atoms with Crippen molar-refractivity contribution in [2.24, 2.45) is 0 Å². The molecule has 1 aromatic carbocycles. The van der Waals surface area contributed by atoms with Gasteiger partial charge in [0.05, 0.1) is 6.04 Å². The first kappa shape index (κ1) is 18.3. The number of nitrogens with zero attached hydrogens (tertiary/aromatic N) is 3. The van der Waals surface area contributed by atoms with Gasteiger partial charge in [-0.15, -0.1) is 0 Å². The maximum atomic E-state index is 13.0. The molecular formula is C20H30FN3O. The summed E-state index contributed by atoms with van der Waals surface area (Å²) in [6.45, 7) is 5.38. The fourth-order valence-corrected chi connectivity index (χ4v) is 3.97. The van der Waals surface area contributed by atoms with Crippen LogP contribution in [0, 0.1) is 5.82 Å². The standard InChI is InChI=1S/C20H30FN3O/c1-22-11-4-2-3-6-19(22)20(25)24-13-5-12-23(14-15-24)16-17-7-9-18(21)10-8-17/h7-10,19H,2-6,11-16H2,1H3/t19-/m1/s1. The lowest BCUT2D eigenvalue weighted by molar-refractivity contribution is -0.136. The third-order valence-corrected chi connectivity index (χ3v) is 5.53. The first-order chi connectivity index (χ1) is 12.1. The molecule has 5 heteroatoms. The minimum absolute atomic E-state index is 0.0612. The van der Waals surface area contributed by atoms with E-state index in [2.05, 4.69) is 21.7 Å². The van der Waals surface area contributed by atoms with E-state index in [1.54, 1.807) is 0 Å². The number of carbonyl (C=O) groups is 1. The molecule has 2 saturated heterocycles. The Bertz CT molecular complexity index is 563. The van der Waals surface area contributed by atoms with Gasteiger partial charge in [0.1, 0.15) is 5.82 Å². The van der Waals surface area contributed by atoms with Crippen molar-refractivity contribution in [3.05, 3.63) is 35.6 Å². The summed E-state index contributed by atoms with van der Waals surface area (Å²) < 4.78 is 13.0. The van der Waals surface area contributed by atoms with Gasteiger partial charge in [-0.1, -0.05) is 25.0 Å². The average molecular weight is 347 g/mol. The predicted molar refractivity (Wildman–Crippen MR) is 97.8 cm³/mol. The SMILES string of the molecule is CN1CCCCC[C@@H]1C(=O)N1CCCN(Cc2ccc(F)cc2)CC1. The van der Waals surface area contributed by atoms with E-state index in [1.165, 1.54) is 25.0 Å². The highest BCUT2D eigenvalue weighted by Crippen LogP contribution is 2.18. The van der Waals surface area contributed by atoms with Crippen LogP contribution >= 0.6 is 0 Å². The molecule has 1 aromatic rings. The van der Waals surface area contributed by atoms with E-state index in [0.29, 0.717) is 5.91 Å². The fourth-order valence-electron chi connectivity index (χ4n) is 3.97. The largest absolute Gasteiger partial charge is 0.340 e. The molecule has 1 atom stereocenters. The van der Waals surface area contributed by atoms with Gasteiger partial charge in [0.2, 0.25) is 5.91 Å². The number of likely N-dealkylation sites (tertiary alicyclic amines) is 1. The molecule has 0 aliphatic carbocycles. The second-order valence-corrected chi connectivity index (χ2v) is 7.43. The first-order valence-electron chi connectivity index (χ1n) is 9.59. The summed E-state index contributed by atoms with van der Waals surface area (Å²) in [6, 6.07) is 6.80. The van der Waals surface area contributed by atoms with Crippen LogP contribution in [-0.4, -0.2) is 66.4 Å². The molecule has 0 spiro atoms. The summed E-state index contributed by atoms with van der Waals surface area (Å²) in [7, 11) is 2.09. The van der Waals surface area contributed by atoms with Crippen LogP contribution in [-0.2, 0) is 11.3 Å². The number of hydrogen-bond donors (Lipinski definition) is 0. The van der Waals surface area contributed by atoms with Gasteiger partial charge in [-0.2, -0.15) is 0 Å². The second-order valence-electron chi connectivity index (χ2n) is 7.43. The third kappa shape index (κ3) is 5.02. The van der Waals surface area contributed by atoms with Gasteiger partial charge in [-0.3, -0.25) is 14.6 Å². The normalized spacial score (nSPS) is 23.9. The lowest BCUT2D eigenvalue weighted by atomic mass is 10.1. The van der Waals surface area contributed by atoms with Crippen LogP contribution in [0.15, 0.2) is 24.3 Å². The zero-order valence-corrected chi connectivity index (χ0v) is 15.3. The summed E-state index contributed by atoms with van der Waals surface area (Å²) in [5.74, 6) is 0.122. The Morgan fingerprint density at radius 2 is 1.80 bits per heavy atom. The highest BCUT2D eigenvalue weighted by Gasteiger charge is 2.29. The zero-order chi connectivity index (χ0) is 17.6. The van der Waals surface area contributed by atoms with Crippen molar-refractivity contribution < 1.29 is 9.18 Å². The summed E-state index contributed by atoms with van der Waals surface area (Å²) in [4.78, 5) is 19.7. The molecule has 0 saturated carbocycles. The van der Waals surface area contributed by atoms with Gasteiger partial charge >= 0.3 is 0 Å². The average Bonchev–Trinajstić information content (AvgIpc) is 2.97. The van der Waals surface area contributed by atoms with E-state index < -0.39 is 0 Å². The highest BCUT2D eigenvalue weighted by molar-refractivity contribution is 5.82. The van der Waals surface area contributed by atoms with Crippen LogP contribution < -0.4 is 0 Å². The van der Waals surface area contributed by atoms with Crippen molar-refractivity contribution in [2.75, 3.05) is 39.8 Å². The molecule has 0 bridgehead atoms. The van der Waals surface area contributed by atoms with E-state index in [9.17, 15) is 9.18 Å². The Balaban J connectivity index is 1.55. The number of carbonyl (C=O) groups excluding carboxylic acids is 1. The van der Waals surface area contributed by atoms with Crippen LogP contribution in [0.4, 0.5) is 4.39 Å². The van der Waals surface area contributed by atoms with Gasteiger partial charge in [-0.25, -0.2) is 4.39 Å². The molecule has 4 nitrogen and oxygen atoms in total. The van der Waals surface area contributed by atoms with Crippen LogP contribution in [0.3, 0.4) is 0 Å². The second kappa shape index (κ2) is 8.77. The van der Waals surface area contributed by atoms with E-state index >= 15 is 0 Å². The van der Waals surface area contributed by atoms with Gasteiger partial charge < -0.3 is 4.90 Å². The first-order valence-corrected chi connectivity index (χ1v) is 9.59. The molecule has 2 aliphatic heterocycles. The van der Waals surface area contributed by atoms with E-state index in [1.807, 2.05) is 12.1 Å². The van der Waals surface area contributed by atoms with Crippen LogP contribution in [0.2, 0.25) is 0 Å². The minimum atomic E-state index is -0.191. The Morgan fingerprint density at radius 3 is 2.60 bits per heavy atom. The molecule has 2 aliphatic rings. The number of benzene rings is 1. The van der Waals surface area contributed by atoms with Crippen LogP contribution in [0.25, 0.3) is 0 Å². The number of likely N-dealkylation sites (N-methyl/N-ethyl adjacent to an activating group) is 1. The molecule has 25 heavy (non-hydrogen) atoms. The molecule has 2 heterocycles. The molecule has 3 rings (SSSR count). The lowest BCUT2D eigenvalue weighted by Gasteiger charge is -2.30. The highest BCUT2D eigenvalue weighted by atomic mass is 19.1. The van der Waals surface area contributed by atoms with Crippen LogP contribution in [0.1, 0.15) is 37.7 Å².